The normalized spacial score (nSPS) is 23.1. The number of anilines is 1. The second kappa shape index (κ2) is 7.54. The molecule has 1 fully saturated rings. The van der Waals surface area contributed by atoms with Crippen molar-refractivity contribution in [2.45, 2.75) is 45.6 Å². The maximum Gasteiger partial charge on any atom is 0.143 e. The van der Waals surface area contributed by atoms with Crippen molar-refractivity contribution in [3.8, 4) is 5.75 Å². The summed E-state index contributed by atoms with van der Waals surface area (Å²) in [6.07, 6.45) is 5.34. The molecule has 3 aliphatic heterocycles. The van der Waals surface area contributed by atoms with Crippen LogP contribution in [0.15, 0.2) is 6.07 Å². The number of fused-ring (bicyclic) bond motifs is 2. The minimum atomic E-state index is 0.546. The molecule has 4 rings (SSSR count). The predicted octanol–water partition coefficient (Wildman–Crippen LogP) is 2.70. The smallest absolute Gasteiger partial charge is 0.143 e. The van der Waals surface area contributed by atoms with Crippen LogP contribution in [0.2, 0.25) is 0 Å². The Kier molecular flexibility index (Phi) is 5.44. The summed E-state index contributed by atoms with van der Waals surface area (Å²) in [5, 5.41) is 3.47. The molecule has 1 saturated heterocycles. The third kappa shape index (κ3) is 3.81. The van der Waals surface area contributed by atoms with Crippen molar-refractivity contribution in [1.29, 1.82) is 0 Å². The van der Waals surface area contributed by atoms with Crippen molar-refractivity contribution in [2.24, 2.45) is 0 Å². The van der Waals surface area contributed by atoms with E-state index in [1.165, 1.54) is 35.2 Å². The zero-order chi connectivity index (χ0) is 16.2. The monoisotopic (exact) mass is 318 g/mol. The highest BCUT2D eigenvalue weighted by Crippen LogP contribution is 2.38. The maximum atomic E-state index is 5.82. The Morgan fingerprint density at radius 1 is 1.22 bits per heavy atom. The first-order valence-electron chi connectivity index (χ1n) is 8.98. The Balaban J connectivity index is 0.000000220. The predicted molar refractivity (Wildman–Crippen MR) is 94.9 cm³/mol. The summed E-state index contributed by atoms with van der Waals surface area (Å²) in [5.74, 6) is 1.08. The molecule has 0 radical (unpaired) electrons. The lowest BCUT2D eigenvalue weighted by atomic mass is 9.95. The fraction of sp³-hybridized carbons (Fsp3) is 0.684. The van der Waals surface area contributed by atoms with Crippen LogP contribution in [-0.4, -0.2) is 46.0 Å². The molecule has 0 aliphatic carbocycles. The molecule has 23 heavy (non-hydrogen) atoms. The van der Waals surface area contributed by atoms with Crippen LogP contribution >= 0.6 is 0 Å². The van der Waals surface area contributed by atoms with Crippen molar-refractivity contribution in [1.82, 2.24) is 5.32 Å². The Hall–Kier alpha value is -1.26. The van der Waals surface area contributed by atoms with Gasteiger partial charge in [0.15, 0.2) is 0 Å². The first-order chi connectivity index (χ1) is 11.2. The van der Waals surface area contributed by atoms with Gasteiger partial charge in [-0.1, -0.05) is 0 Å². The summed E-state index contributed by atoms with van der Waals surface area (Å²) < 4.78 is 11.0. The lowest BCUT2D eigenvalue weighted by Crippen LogP contribution is -2.30. The number of nitrogens with one attached hydrogen (secondary N) is 1. The van der Waals surface area contributed by atoms with E-state index >= 15 is 0 Å². The fourth-order valence-corrected chi connectivity index (χ4v) is 3.74. The molecule has 128 valence electrons. The molecule has 1 aromatic carbocycles. The van der Waals surface area contributed by atoms with Gasteiger partial charge < -0.3 is 19.7 Å². The summed E-state index contributed by atoms with van der Waals surface area (Å²) in [4.78, 5) is 2.33. The van der Waals surface area contributed by atoms with E-state index in [4.69, 9.17) is 9.47 Å². The van der Waals surface area contributed by atoms with Gasteiger partial charge in [0, 0.05) is 13.7 Å². The van der Waals surface area contributed by atoms with Crippen LogP contribution in [0, 0.1) is 6.92 Å². The Labute approximate surface area is 140 Å². The number of ether oxygens (including phenoxy) is 2. The highest BCUT2D eigenvalue weighted by Gasteiger charge is 2.22. The number of nitrogens with zero attached hydrogens (tertiary/aromatic N) is 1. The van der Waals surface area contributed by atoms with Gasteiger partial charge >= 0.3 is 0 Å². The van der Waals surface area contributed by atoms with Crippen molar-refractivity contribution in [3.63, 3.8) is 0 Å². The third-order valence-corrected chi connectivity index (χ3v) is 5.08. The second-order valence-corrected chi connectivity index (χ2v) is 6.83. The van der Waals surface area contributed by atoms with Crippen LogP contribution in [0.1, 0.15) is 36.5 Å². The van der Waals surface area contributed by atoms with Gasteiger partial charge in [-0.2, -0.15) is 0 Å². The van der Waals surface area contributed by atoms with E-state index < -0.39 is 0 Å². The average molecular weight is 318 g/mol. The van der Waals surface area contributed by atoms with Gasteiger partial charge in [-0.25, -0.2) is 0 Å². The standard InChI is InChI=1S/C14H20N2O.C5H10O/c1-10-12-4-6-15-5-3-11(12)9-13-14(10)16(2)7-8-17-13;1-5-3-2-4-6-5/h9,15H,3-8H2,1-2H3;5H,2-4H2,1H3. The molecular weight excluding hydrogens is 288 g/mol. The Bertz CT molecular complexity index is 539. The van der Waals surface area contributed by atoms with Crippen molar-refractivity contribution in [3.05, 3.63) is 22.8 Å². The molecule has 3 heterocycles. The van der Waals surface area contributed by atoms with Gasteiger partial charge in [0.25, 0.3) is 0 Å². The Morgan fingerprint density at radius 2 is 2.04 bits per heavy atom. The van der Waals surface area contributed by atoms with E-state index in [0.717, 1.165) is 51.4 Å². The minimum Gasteiger partial charge on any atom is -0.490 e. The molecule has 0 amide bonds. The summed E-state index contributed by atoms with van der Waals surface area (Å²) >= 11 is 0. The Morgan fingerprint density at radius 3 is 2.74 bits per heavy atom. The molecule has 4 heteroatoms. The van der Waals surface area contributed by atoms with Crippen molar-refractivity contribution >= 4 is 5.69 Å². The van der Waals surface area contributed by atoms with Gasteiger partial charge in [0.1, 0.15) is 12.4 Å². The molecule has 1 aromatic rings. The lowest BCUT2D eigenvalue weighted by Gasteiger charge is -2.31. The van der Waals surface area contributed by atoms with Crippen LogP contribution in [0.5, 0.6) is 5.75 Å². The summed E-state index contributed by atoms with van der Waals surface area (Å²) in [7, 11) is 2.16. The SMILES string of the molecule is CC1CCCO1.Cc1c2c(cc3c1N(C)CCO3)CCNCC2. The zero-order valence-electron chi connectivity index (χ0n) is 14.8. The van der Waals surface area contributed by atoms with E-state index in [0.29, 0.717) is 6.10 Å². The largest absolute Gasteiger partial charge is 0.490 e. The number of hydrogen-bond donors (Lipinski definition) is 1. The molecule has 1 atom stereocenters. The molecule has 1 N–H and O–H groups in total. The fourth-order valence-electron chi connectivity index (χ4n) is 3.74. The van der Waals surface area contributed by atoms with Crippen LogP contribution in [0.3, 0.4) is 0 Å². The van der Waals surface area contributed by atoms with Crippen LogP contribution < -0.4 is 15.0 Å². The number of rotatable bonds is 0. The molecule has 0 aromatic heterocycles. The highest BCUT2D eigenvalue weighted by atomic mass is 16.5. The summed E-state index contributed by atoms with van der Waals surface area (Å²) in [6.45, 7) is 9.32. The maximum absolute atomic E-state index is 5.82. The van der Waals surface area contributed by atoms with E-state index in [9.17, 15) is 0 Å². The lowest BCUT2D eigenvalue weighted by molar-refractivity contribution is 0.125. The second-order valence-electron chi connectivity index (χ2n) is 6.83. The van der Waals surface area contributed by atoms with Crippen molar-refractivity contribution < 1.29 is 9.47 Å². The van der Waals surface area contributed by atoms with Crippen LogP contribution in [0.4, 0.5) is 5.69 Å². The zero-order valence-corrected chi connectivity index (χ0v) is 14.8. The van der Waals surface area contributed by atoms with E-state index in [2.05, 4.69) is 37.2 Å². The minimum absolute atomic E-state index is 0.546. The van der Waals surface area contributed by atoms with E-state index in [1.807, 2.05) is 0 Å². The van der Waals surface area contributed by atoms with E-state index in [1.54, 1.807) is 0 Å². The first kappa shape index (κ1) is 16.6. The molecule has 1 unspecified atom stereocenters. The molecule has 3 aliphatic rings. The number of likely N-dealkylation sites (N-methyl/N-ethyl adjacent to an activating group) is 1. The van der Waals surface area contributed by atoms with Gasteiger partial charge in [-0.3, -0.25) is 0 Å². The number of benzene rings is 1. The van der Waals surface area contributed by atoms with Gasteiger partial charge in [-0.15, -0.1) is 0 Å². The molecular formula is C19H30N2O2. The van der Waals surface area contributed by atoms with Crippen LogP contribution in [0.25, 0.3) is 0 Å². The van der Waals surface area contributed by atoms with Crippen molar-refractivity contribution in [2.75, 3.05) is 44.8 Å². The van der Waals surface area contributed by atoms with Gasteiger partial charge in [0.2, 0.25) is 0 Å². The molecule has 4 nitrogen and oxygen atoms in total. The number of hydrogen-bond acceptors (Lipinski definition) is 4. The average Bonchev–Trinajstić information content (AvgIpc) is 2.88. The van der Waals surface area contributed by atoms with E-state index in [-0.39, 0.29) is 0 Å². The third-order valence-electron chi connectivity index (χ3n) is 5.08. The quantitative estimate of drug-likeness (QED) is 0.797. The molecule has 0 spiro atoms. The van der Waals surface area contributed by atoms with Gasteiger partial charge in [-0.05, 0) is 75.4 Å². The summed E-state index contributed by atoms with van der Waals surface area (Å²) in [5.41, 5.74) is 5.73. The highest BCUT2D eigenvalue weighted by molar-refractivity contribution is 5.68. The van der Waals surface area contributed by atoms with Gasteiger partial charge in [0.05, 0.1) is 18.3 Å². The first-order valence-corrected chi connectivity index (χ1v) is 8.98. The summed E-state index contributed by atoms with van der Waals surface area (Å²) in [6, 6.07) is 2.26. The topological polar surface area (TPSA) is 33.7 Å². The molecule has 0 saturated carbocycles. The van der Waals surface area contributed by atoms with Crippen LogP contribution in [-0.2, 0) is 17.6 Å². The molecule has 0 bridgehead atoms.